The molecule has 3 aromatic carbocycles. The van der Waals surface area contributed by atoms with Gasteiger partial charge in [-0.15, -0.1) is 0 Å². The molecule has 1 heterocycles. The predicted molar refractivity (Wildman–Crippen MR) is 116 cm³/mol. The second-order valence-electron chi connectivity index (χ2n) is 6.97. The minimum atomic E-state index is -1.27. The maximum absolute atomic E-state index is 11.8. The Labute approximate surface area is 177 Å². The molecule has 0 aliphatic heterocycles. The summed E-state index contributed by atoms with van der Waals surface area (Å²) in [6.07, 6.45) is 0. The molecule has 0 saturated heterocycles. The third-order valence-corrected chi connectivity index (χ3v) is 5.01. The van der Waals surface area contributed by atoms with Gasteiger partial charge in [0.2, 0.25) is 0 Å². The number of hydrogen-bond donors (Lipinski definition) is 1. The lowest BCUT2D eigenvalue weighted by Crippen LogP contribution is -2.09. The Kier molecular flexibility index (Phi) is 5.32. The Morgan fingerprint density at radius 2 is 1.68 bits per heavy atom. The number of carbonyl (C=O) groups is 1. The van der Waals surface area contributed by atoms with Crippen molar-refractivity contribution in [3.8, 4) is 16.9 Å². The average molecular weight is 414 g/mol. The maximum atomic E-state index is 11.8. The highest BCUT2D eigenvalue weighted by atomic mass is 16.6. The zero-order valence-electron chi connectivity index (χ0n) is 16.6. The van der Waals surface area contributed by atoms with Crippen LogP contribution in [0.3, 0.4) is 0 Å². The fourth-order valence-electron chi connectivity index (χ4n) is 3.54. The van der Waals surface area contributed by atoms with E-state index in [2.05, 4.69) is 4.98 Å². The number of carboxylic acids is 1. The van der Waals surface area contributed by atoms with Crippen LogP contribution in [0.5, 0.6) is 5.75 Å². The van der Waals surface area contributed by atoms with E-state index in [1.165, 1.54) is 6.07 Å². The molecule has 0 radical (unpaired) electrons. The number of aromatic nitrogens is 1. The van der Waals surface area contributed by atoms with E-state index >= 15 is 0 Å². The summed E-state index contributed by atoms with van der Waals surface area (Å²) in [7, 11) is 0. The first-order valence-electron chi connectivity index (χ1n) is 9.54. The molecule has 1 aromatic heterocycles. The van der Waals surface area contributed by atoms with Crippen molar-refractivity contribution < 1.29 is 19.6 Å². The van der Waals surface area contributed by atoms with Crippen LogP contribution in [0.1, 0.15) is 21.6 Å². The molecule has 0 atom stereocenters. The molecule has 1 N–H and O–H groups in total. The van der Waals surface area contributed by atoms with E-state index in [1.54, 1.807) is 13.0 Å². The largest absolute Gasteiger partial charge is 0.488 e. The van der Waals surface area contributed by atoms with Gasteiger partial charge in [0.15, 0.2) is 11.2 Å². The van der Waals surface area contributed by atoms with Crippen molar-refractivity contribution in [2.45, 2.75) is 13.5 Å². The monoisotopic (exact) mass is 414 g/mol. The SMILES string of the molecule is Cc1c(C(=O)O)nc2c([N+](=O)[O-])ccc(-c3ccccc3)c2c1OCc1ccccc1. The van der Waals surface area contributed by atoms with E-state index in [1.807, 2.05) is 60.7 Å². The number of rotatable bonds is 6. The average Bonchev–Trinajstić information content (AvgIpc) is 2.78. The Morgan fingerprint density at radius 3 is 2.29 bits per heavy atom. The molecular weight excluding hydrogens is 396 g/mol. The van der Waals surface area contributed by atoms with Crippen LogP contribution in [0.15, 0.2) is 72.8 Å². The Bertz CT molecular complexity index is 1290. The Hall–Kier alpha value is -4.26. The summed E-state index contributed by atoms with van der Waals surface area (Å²) in [6, 6.07) is 21.7. The number of pyridine rings is 1. The van der Waals surface area contributed by atoms with Crippen LogP contribution in [0.25, 0.3) is 22.0 Å². The van der Waals surface area contributed by atoms with Crippen molar-refractivity contribution in [1.82, 2.24) is 4.98 Å². The third-order valence-electron chi connectivity index (χ3n) is 5.01. The van der Waals surface area contributed by atoms with Crippen molar-refractivity contribution in [2.75, 3.05) is 0 Å². The molecule has 4 rings (SSSR count). The lowest BCUT2D eigenvalue weighted by Gasteiger charge is -2.17. The molecule has 7 heteroatoms. The Morgan fingerprint density at radius 1 is 1.03 bits per heavy atom. The fourth-order valence-corrected chi connectivity index (χ4v) is 3.54. The summed E-state index contributed by atoms with van der Waals surface area (Å²) in [5.74, 6) is -1.00. The summed E-state index contributed by atoms with van der Waals surface area (Å²) in [5, 5.41) is 21.8. The highest BCUT2D eigenvalue weighted by molar-refractivity contribution is 6.06. The fraction of sp³-hybridized carbons (Fsp3) is 0.0833. The second kappa shape index (κ2) is 8.23. The zero-order valence-corrected chi connectivity index (χ0v) is 16.6. The van der Waals surface area contributed by atoms with Crippen molar-refractivity contribution in [3.63, 3.8) is 0 Å². The molecule has 0 unspecified atom stereocenters. The maximum Gasteiger partial charge on any atom is 0.354 e. The van der Waals surface area contributed by atoms with Crippen LogP contribution < -0.4 is 4.74 Å². The number of carboxylic acid groups (broad SMARTS) is 1. The van der Waals surface area contributed by atoms with Gasteiger partial charge in [-0.1, -0.05) is 60.7 Å². The van der Waals surface area contributed by atoms with Crippen LogP contribution in [-0.4, -0.2) is 21.0 Å². The first-order chi connectivity index (χ1) is 15.0. The van der Waals surface area contributed by atoms with E-state index in [0.717, 1.165) is 11.1 Å². The van der Waals surface area contributed by atoms with Gasteiger partial charge in [-0.3, -0.25) is 10.1 Å². The molecule has 0 spiro atoms. The molecule has 31 heavy (non-hydrogen) atoms. The number of nitro benzene ring substituents is 1. The molecule has 0 bridgehead atoms. The van der Waals surface area contributed by atoms with Crippen molar-refractivity contribution in [2.24, 2.45) is 0 Å². The topological polar surface area (TPSA) is 103 Å². The van der Waals surface area contributed by atoms with E-state index in [0.29, 0.717) is 16.5 Å². The van der Waals surface area contributed by atoms with Gasteiger partial charge < -0.3 is 9.84 Å². The summed E-state index contributed by atoms with van der Waals surface area (Å²) in [4.78, 5) is 27.1. The lowest BCUT2D eigenvalue weighted by molar-refractivity contribution is -0.383. The summed E-state index contributed by atoms with van der Waals surface area (Å²) in [5.41, 5.74) is 2.13. The highest BCUT2D eigenvalue weighted by Gasteiger charge is 2.26. The van der Waals surface area contributed by atoms with E-state index < -0.39 is 10.9 Å². The van der Waals surface area contributed by atoms with Crippen LogP contribution in [0, 0.1) is 17.0 Å². The highest BCUT2D eigenvalue weighted by Crippen LogP contribution is 2.41. The van der Waals surface area contributed by atoms with Crippen LogP contribution in [0.4, 0.5) is 5.69 Å². The molecule has 0 saturated carbocycles. The summed E-state index contributed by atoms with van der Waals surface area (Å²) >= 11 is 0. The van der Waals surface area contributed by atoms with Crippen LogP contribution in [0.2, 0.25) is 0 Å². The standard InChI is InChI=1S/C24H18N2O5/c1-15-21(24(27)28)25-22-19(26(29)30)13-12-18(17-10-6-3-7-11-17)20(22)23(15)31-14-16-8-4-2-5-9-16/h2-13H,14H2,1H3,(H,27,28). The van der Waals surface area contributed by atoms with E-state index in [9.17, 15) is 20.0 Å². The number of benzene rings is 3. The number of hydrogen-bond acceptors (Lipinski definition) is 5. The van der Waals surface area contributed by atoms with Crippen molar-refractivity contribution in [3.05, 3.63) is 99.7 Å². The number of nitrogens with zero attached hydrogens (tertiary/aromatic N) is 2. The summed E-state index contributed by atoms with van der Waals surface area (Å²) < 4.78 is 6.10. The molecule has 0 aliphatic rings. The second-order valence-corrected chi connectivity index (χ2v) is 6.97. The lowest BCUT2D eigenvalue weighted by atomic mass is 9.97. The molecule has 0 aliphatic carbocycles. The molecular formula is C24H18N2O5. The zero-order chi connectivity index (χ0) is 22.0. The third kappa shape index (κ3) is 3.81. The van der Waals surface area contributed by atoms with Gasteiger partial charge in [0, 0.05) is 11.6 Å². The molecule has 4 aromatic rings. The number of nitro groups is 1. The van der Waals surface area contributed by atoms with E-state index in [-0.39, 0.29) is 29.3 Å². The van der Waals surface area contributed by atoms with Crippen molar-refractivity contribution >= 4 is 22.6 Å². The van der Waals surface area contributed by atoms with Gasteiger partial charge in [-0.2, -0.15) is 0 Å². The molecule has 0 fully saturated rings. The van der Waals surface area contributed by atoms with Gasteiger partial charge in [0.1, 0.15) is 12.4 Å². The number of ether oxygens (including phenoxy) is 1. The van der Waals surface area contributed by atoms with Gasteiger partial charge in [-0.25, -0.2) is 9.78 Å². The number of aromatic carboxylic acids is 1. The summed E-state index contributed by atoms with van der Waals surface area (Å²) in [6.45, 7) is 1.78. The minimum Gasteiger partial charge on any atom is -0.488 e. The van der Waals surface area contributed by atoms with Gasteiger partial charge in [-0.05, 0) is 29.7 Å². The first kappa shape index (κ1) is 20.0. The number of non-ortho nitro benzene ring substituents is 1. The number of fused-ring (bicyclic) bond motifs is 1. The molecule has 0 amide bonds. The Balaban J connectivity index is 2.03. The van der Waals surface area contributed by atoms with Gasteiger partial charge in [0.25, 0.3) is 5.69 Å². The molecule has 7 nitrogen and oxygen atoms in total. The smallest absolute Gasteiger partial charge is 0.354 e. The quantitative estimate of drug-likeness (QED) is 0.335. The van der Waals surface area contributed by atoms with E-state index in [4.69, 9.17) is 4.74 Å². The van der Waals surface area contributed by atoms with Crippen molar-refractivity contribution in [1.29, 1.82) is 0 Å². The van der Waals surface area contributed by atoms with Crippen LogP contribution in [-0.2, 0) is 6.61 Å². The van der Waals surface area contributed by atoms with Gasteiger partial charge in [0.05, 0.1) is 10.3 Å². The first-order valence-corrected chi connectivity index (χ1v) is 9.54. The predicted octanol–water partition coefficient (Wildman–Crippen LogP) is 5.40. The molecule has 154 valence electrons. The van der Waals surface area contributed by atoms with Gasteiger partial charge >= 0.3 is 5.97 Å². The van der Waals surface area contributed by atoms with Crippen LogP contribution >= 0.6 is 0 Å². The normalized spacial score (nSPS) is 10.7. The minimum absolute atomic E-state index is 0.0163.